The lowest BCUT2D eigenvalue weighted by molar-refractivity contribution is 0.635. The van der Waals surface area contributed by atoms with Crippen LogP contribution in [0.15, 0.2) is 140 Å². The van der Waals surface area contributed by atoms with Crippen molar-refractivity contribution in [2.24, 2.45) is 0 Å². The van der Waals surface area contributed by atoms with Gasteiger partial charge in [0.1, 0.15) is 0 Å². The molecule has 7 aromatic rings. The van der Waals surface area contributed by atoms with Crippen molar-refractivity contribution < 1.29 is 0 Å². The van der Waals surface area contributed by atoms with Crippen LogP contribution < -0.4 is 0 Å². The first-order valence-corrected chi connectivity index (χ1v) is 18.6. The van der Waals surface area contributed by atoms with E-state index in [1.54, 1.807) is 0 Å². The zero-order valence-electron chi connectivity index (χ0n) is 28.4. The molecule has 3 aromatic heterocycles. The Morgan fingerprint density at radius 3 is 2.06 bits per heavy atom. The van der Waals surface area contributed by atoms with Crippen molar-refractivity contribution in [1.82, 2.24) is 14.1 Å². The van der Waals surface area contributed by atoms with E-state index < -0.39 is 0 Å². The molecule has 0 bridgehead atoms. The normalized spacial score (nSPS) is 19.2. The third kappa shape index (κ3) is 4.90. The summed E-state index contributed by atoms with van der Waals surface area (Å²) in [5, 5.41) is 5.21. The molecule has 0 radical (unpaired) electrons. The highest BCUT2D eigenvalue weighted by molar-refractivity contribution is 6.12. The van der Waals surface area contributed by atoms with E-state index in [2.05, 4.69) is 149 Å². The summed E-state index contributed by atoms with van der Waals surface area (Å²) >= 11 is 0. The van der Waals surface area contributed by atoms with Crippen molar-refractivity contribution in [2.75, 3.05) is 0 Å². The summed E-state index contributed by atoms with van der Waals surface area (Å²) < 4.78 is 5.02. The maximum atomic E-state index is 5.35. The Hall–Kier alpha value is -5.41. The molecule has 0 saturated heterocycles. The average Bonchev–Trinajstić information content (AvgIpc) is 3.71. The fourth-order valence-electron chi connectivity index (χ4n) is 8.84. The molecule has 0 aliphatic heterocycles. The number of pyridine rings is 1. The SMILES string of the molecule is C1=CCC(c2cc(-n3c4ccccc4c4ccc(-c5ccc6c(c5)c5ccccc5n6C5=CCCCC5)cc43)cc(C3C=CCCC3)n2)C=C1. The number of hydrogen-bond donors (Lipinski definition) is 0. The Morgan fingerprint density at radius 1 is 0.540 bits per heavy atom. The van der Waals surface area contributed by atoms with Crippen LogP contribution in [0.25, 0.3) is 66.1 Å². The van der Waals surface area contributed by atoms with Gasteiger partial charge in [0.25, 0.3) is 0 Å². The summed E-state index contributed by atoms with van der Waals surface area (Å²) in [4.78, 5) is 5.35. The van der Waals surface area contributed by atoms with Crippen molar-refractivity contribution in [2.45, 2.75) is 63.2 Å². The smallest absolute Gasteiger partial charge is 0.0547 e. The predicted molar refractivity (Wildman–Crippen MR) is 211 cm³/mol. The van der Waals surface area contributed by atoms with Crippen molar-refractivity contribution in [3.8, 4) is 16.8 Å². The van der Waals surface area contributed by atoms with Gasteiger partial charge in [-0.25, -0.2) is 0 Å². The molecule has 3 aliphatic rings. The fraction of sp³-hybridized carbons (Fsp3) is 0.213. The lowest BCUT2D eigenvalue weighted by atomic mass is 9.90. The number of para-hydroxylation sites is 2. The summed E-state index contributed by atoms with van der Waals surface area (Å²) in [7, 11) is 0. The lowest BCUT2D eigenvalue weighted by Gasteiger charge is -2.21. The number of allylic oxidation sites excluding steroid dienone is 8. The number of rotatable bonds is 5. The minimum absolute atomic E-state index is 0.285. The van der Waals surface area contributed by atoms with Crippen LogP contribution in [-0.4, -0.2) is 14.1 Å². The molecule has 0 saturated carbocycles. The lowest BCUT2D eigenvalue weighted by Crippen LogP contribution is -2.09. The minimum atomic E-state index is 0.285. The third-order valence-electron chi connectivity index (χ3n) is 11.3. The average molecular weight is 648 g/mol. The van der Waals surface area contributed by atoms with Gasteiger partial charge in [-0.3, -0.25) is 4.98 Å². The van der Waals surface area contributed by atoms with Crippen molar-refractivity contribution in [3.63, 3.8) is 0 Å². The van der Waals surface area contributed by atoms with Crippen LogP contribution in [0.4, 0.5) is 0 Å². The van der Waals surface area contributed by atoms with Gasteiger partial charge in [-0.05, 0) is 105 Å². The van der Waals surface area contributed by atoms with E-state index in [9.17, 15) is 0 Å². The molecule has 0 amide bonds. The molecular weight excluding hydrogens is 607 g/mol. The standard InChI is InChI=1S/C47H41N3/c1-4-14-32(15-5-1)42-30-37(31-43(48-42)33-16-6-2-7-17-33)50-44-22-12-10-20-38(44)40-26-24-35(29-47(40)50)34-25-27-46-41(28-34)39-21-11-13-23-45(39)49(46)36-18-8-3-9-19-36/h1,4-6,10-14,16,18,20-33H,2-3,7-9,15,17,19H2. The number of benzene rings is 4. The van der Waals surface area contributed by atoms with Crippen LogP contribution in [-0.2, 0) is 0 Å². The molecule has 50 heavy (non-hydrogen) atoms. The molecule has 244 valence electrons. The van der Waals surface area contributed by atoms with Gasteiger partial charge >= 0.3 is 0 Å². The Morgan fingerprint density at radius 2 is 1.28 bits per heavy atom. The van der Waals surface area contributed by atoms with Gasteiger partial charge in [0.2, 0.25) is 0 Å². The van der Waals surface area contributed by atoms with E-state index in [4.69, 9.17) is 4.98 Å². The second kappa shape index (κ2) is 12.2. The molecule has 3 aliphatic carbocycles. The van der Waals surface area contributed by atoms with Gasteiger partial charge < -0.3 is 9.13 Å². The van der Waals surface area contributed by atoms with Crippen molar-refractivity contribution in [1.29, 1.82) is 0 Å². The Balaban J connectivity index is 1.17. The van der Waals surface area contributed by atoms with Gasteiger partial charge in [-0.15, -0.1) is 0 Å². The van der Waals surface area contributed by atoms with Crippen LogP contribution in [0.1, 0.15) is 74.6 Å². The van der Waals surface area contributed by atoms with E-state index in [0.717, 1.165) is 25.0 Å². The summed E-state index contributed by atoms with van der Waals surface area (Å²) in [6.07, 6.45) is 25.5. The monoisotopic (exact) mass is 647 g/mol. The molecule has 3 heteroatoms. The predicted octanol–water partition coefficient (Wildman–Crippen LogP) is 12.8. The van der Waals surface area contributed by atoms with Gasteiger partial charge in [0.15, 0.2) is 0 Å². The highest BCUT2D eigenvalue weighted by Crippen LogP contribution is 2.40. The highest BCUT2D eigenvalue weighted by atomic mass is 15.0. The van der Waals surface area contributed by atoms with E-state index in [1.807, 2.05) is 0 Å². The molecule has 0 N–H and O–H groups in total. The zero-order chi connectivity index (χ0) is 33.0. The molecule has 10 rings (SSSR count). The summed E-state index contributed by atoms with van der Waals surface area (Å²) in [6, 6.07) is 36.7. The molecule has 0 fully saturated rings. The number of hydrogen-bond acceptors (Lipinski definition) is 1. The molecule has 4 aromatic carbocycles. The van der Waals surface area contributed by atoms with Crippen LogP contribution in [0.3, 0.4) is 0 Å². The quantitative estimate of drug-likeness (QED) is 0.170. The second-order valence-electron chi connectivity index (χ2n) is 14.4. The maximum Gasteiger partial charge on any atom is 0.0547 e. The van der Waals surface area contributed by atoms with Gasteiger partial charge in [0, 0.05) is 56.2 Å². The third-order valence-corrected chi connectivity index (χ3v) is 11.3. The first-order valence-electron chi connectivity index (χ1n) is 18.6. The van der Waals surface area contributed by atoms with Crippen molar-refractivity contribution in [3.05, 3.63) is 151 Å². The molecular formula is C47H41N3. The van der Waals surface area contributed by atoms with E-state index in [1.165, 1.54) is 104 Å². The first-order chi connectivity index (χ1) is 24.8. The van der Waals surface area contributed by atoms with E-state index >= 15 is 0 Å². The van der Waals surface area contributed by atoms with Crippen molar-refractivity contribution >= 4 is 49.3 Å². The van der Waals surface area contributed by atoms with Gasteiger partial charge in [-0.2, -0.15) is 0 Å². The molecule has 3 heterocycles. The zero-order valence-corrected chi connectivity index (χ0v) is 28.4. The van der Waals surface area contributed by atoms with E-state index in [0.29, 0.717) is 5.92 Å². The van der Waals surface area contributed by atoms with Crippen LogP contribution in [0, 0.1) is 0 Å². The van der Waals surface area contributed by atoms with Gasteiger partial charge in [0.05, 0.1) is 22.1 Å². The number of fused-ring (bicyclic) bond motifs is 6. The Labute approximate surface area is 293 Å². The van der Waals surface area contributed by atoms with E-state index in [-0.39, 0.29) is 5.92 Å². The molecule has 3 nitrogen and oxygen atoms in total. The topological polar surface area (TPSA) is 22.8 Å². The maximum absolute atomic E-state index is 5.35. The van der Waals surface area contributed by atoms with Crippen LogP contribution in [0.2, 0.25) is 0 Å². The number of aromatic nitrogens is 3. The first kappa shape index (κ1) is 29.5. The molecule has 0 spiro atoms. The van der Waals surface area contributed by atoms with Crippen LogP contribution in [0.5, 0.6) is 0 Å². The minimum Gasteiger partial charge on any atom is -0.313 e. The van der Waals surface area contributed by atoms with Gasteiger partial charge in [-0.1, -0.05) is 97.1 Å². The molecule has 2 atom stereocenters. The Kier molecular flexibility index (Phi) is 7.18. The summed E-state index contributed by atoms with van der Waals surface area (Å²) in [5.41, 5.74) is 12.6. The van der Waals surface area contributed by atoms with Crippen LogP contribution >= 0.6 is 0 Å². The Bertz CT molecular complexity index is 2550. The highest BCUT2D eigenvalue weighted by Gasteiger charge is 2.21. The largest absolute Gasteiger partial charge is 0.313 e. The molecule has 2 unspecified atom stereocenters. The summed E-state index contributed by atoms with van der Waals surface area (Å²) in [6.45, 7) is 0. The fourth-order valence-corrected chi connectivity index (χ4v) is 8.84. The summed E-state index contributed by atoms with van der Waals surface area (Å²) in [5.74, 6) is 0.639. The number of nitrogens with zero attached hydrogens (tertiary/aromatic N) is 3. The second-order valence-corrected chi connectivity index (χ2v) is 14.4.